The average molecular weight is 370 g/mol. The van der Waals surface area contributed by atoms with Crippen LogP contribution in [-0.4, -0.2) is 47.1 Å². The predicted octanol–water partition coefficient (Wildman–Crippen LogP) is 3.37. The Morgan fingerprint density at radius 2 is 2.11 bits per heavy atom. The molecule has 6 heteroatoms. The van der Waals surface area contributed by atoms with Crippen LogP contribution < -0.4 is 10.1 Å². The predicted molar refractivity (Wildman–Crippen MR) is 107 cm³/mol. The van der Waals surface area contributed by atoms with Crippen LogP contribution in [0.15, 0.2) is 36.7 Å². The van der Waals surface area contributed by atoms with Gasteiger partial charge in [-0.05, 0) is 44.0 Å². The molecule has 0 aliphatic carbocycles. The monoisotopic (exact) mass is 370 g/mol. The molecule has 1 aliphatic rings. The summed E-state index contributed by atoms with van der Waals surface area (Å²) in [6.45, 7) is 7.75. The number of imidazole rings is 1. The number of methoxy groups -OCH3 is 1. The van der Waals surface area contributed by atoms with E-state index < -0.39 is 0 Å². The Hall–Kier alpha value is -2.34. The van der Waals surface area contributed by atoms with Crippen molar-refractivity contribution < 1.29 is 9.53 Å². The van der Waals surface area contributed by atoms with Crippen molar-refractivity contribution in [2.45, 2.75) is 39.2 Å². The van der Waals surface area contributed by atoms with E-state index in [1.165, 1.54) is 0 Å². The SMILES string of the molecule is COc1cccc(NC(=O)CN2CCC(Cn3ccnc3C(C)C)CC2)c1. The first kappa shape index (κ1) is 19.4. The number of nitrogens with zero attached hydrogens (tertiary/aromatic N) is 3. The molecular formula is C21H30N4O2. The molecule has 146 valence electrons. The molecule has 2 heterocycles. The molecule has 1 amide bonds. The van der Waals surface area contributed by atoms with Crippen LogP contribution in [0.3, 0.4) is 0 Å². The Balaban J connectivity index is 1.45. The summed E-state index contributed by atoms with van der Waals surface area (Å²) in [4.78, 5) is 19.0. The van der Waals surface area contributed by atoms with Gasteiger partial charge in [-0.25, -0.2) is 4.98 Å². The van der Waals surface area contributed by atoms with Crippen molar-refractivity contribution in [3.05, 3.63) is 42.5 Å². The van der Waals surface area contributed by atoms with E-state index in [0.29, 0.717) is 18.4 Å². The Kier molecular flexibility index (Phi) is 6.50. The number of carbonyl (C=O) groups excluding carboxylic acids is 1. The molecule has 0 saturated carbocycles. The summed E-state index contributed by atoms with van der Waals surface area (Å²) in [5.74, 6) is 3.03. The molecule has 27 heavy (non-hydrogen) atoms. The molecule has 0 atom stereocenters. The van der Waals surface area contributed by atoms with Crippen LogP contribution in [0.5, 0.6) is 5.75 Å². The number of piperidine rings is 1. The first-order valence-corrected chi connectivity index (χ1v) is 9.72. The largest absolute Gasteiger partial charge is 0.497 e. The lowest BCUT2D eigenvalue weighted by Crippen LogP contribution is -2.40. The zero-order valence-electron chi connectivity index (χ0n) is 16.5. The van der Waals surface area contributed by atoms with Gasteiger partial charge in [0.15, 0.2) is 0 Å². The second kappa shape index (κ2) is 9.04. The van der Waals surface area contributed by atoms with Gasteiger partial charge in [0.2, 0.25) is 5.91 Å². The van der Waals surface area contributed by atoms with E-state index in [1.807, 2.05) is 30.5 Å². The summed E-state index contributed by atoms with van der Waals surface area (Å²) < 4.78 is 7.49. The lowest BCUT2D eigenvalue weighted by molar-refractivity contribution is -0.117. The third-order valence-electron chi connectivity index (χ3n) is 5.15. The summed E-state index contributed by atoms with van der Waals surface area (Å²) in [5, 5.41) is 2.96. The molecule has 0 radical (unpaired) electrons. The molecule has 0 bridgehead atoms. The highest BCUT2D eigenvalue weighted by atomic mass is 16.5. The third kappa shape index (κ3) is 5.32. The number of hydrogen-bond acceptors (Lipinski definition) is 4. The first-order chi connectivity index (χ1) is 13.0. The van der Waals surface area contributed by atoms with Gasteiger partial charge in [0.1, 0.15) is 11.6 Å². The van der Waals surface area contributed by atoms with Crippen molar-refractivity contribution in [3.8, 4) is 5.75 Å². The molecule has 1 aliphatic heterocycles. The van der Waals surface area contributed by atoms with Gasteiger partial charge in [0, 0.05) is 36.6 Å². The number of carbonyl (C=O) groups is 1. The Labute approximate surface area is 161 Å². The second-order valence-corrected chi connectivity index (χ2v) is 7.59. The number of nitrogens with one attached hydrogen (secondary N) is 1. The Morgan fingerprint density at radius 3 is 2.81 bits per heavy atom. The zero-order valence-corrected chi connectivity index (χ0v) is 16.5. The standard InChI is InChI=1S/C21H30N4O2/c1-16(2)21-22-9-12-25(21)14-17-7-10-24(11-8-17)15-20(26)23-18-5-4-6-19(13-18)27-3/h4-6,9,12-13,16-17H,7-8,10-11,14-15H2,1-3H3,(H,23,26). The van der Waals surface area contributed by atoms with E-state index in [9.17, 15) is 4.79 Å². The summed E-state index contributed by atoms with van der Waals surface area (Å²) in [6, 6.07) is 7.46. The molecule has 0 unspecified atom stereocenters. The fourth-order valence-corrected chi connectivity index (χ4v) is 3.69. The molecular weight excluding hydrogens is 340 g/mol. The van der Waals surface area contributed by atoms with E-state index in [4.69, 9.17) is 4.74 Å². The number of likely N-dealkylation sites (tertiary alicyclic amines) is 1. The van der Waals surface area contributed by atoms with E-state index in [0.717, 1.165) is 49.7 Å². The van der Waals surface area contributed by atoms with Gasteiger partial charge in [0.25, 0.3) is 0 Å². The quantitative estimate of drug-likeness (QED) is 0.812. The molecule has 1 saturated heterocycles. The van der Waals surface area contributed by atoms with E-state index in [1.54, 1.807) is 7.11 Å². The summed E-state index contributed by atoms with van der Waals surface area (Å²) in [6.07, 6.45) is 6.21. The third-order valence-corrected chi connectivity index (χ3v) is 5.15. The van der Waals surface area contributed by atoms with Crippen LogP contribution in [0.1, 0.15) is 38.4 Å². The summed E-state index contributed by atoms with van der Waals surface area (Å²) in [7, 11) is 1.62. The van der Waals surface area contributed by atoms with Gasteiger partial charge in [-0.3, -0.25) is 9.69 Å². The van der Waals surface area contributed by atoms with Gasteiger partial charge < -0.3 is 14.6 Å². The minimum Gasteiger partial charge on any atom is -0.497 e. The van der Waals surface area contributed by atoms with Crippen LogP contribution in [-0.2, 0) is 11.3 Å². The normalized spacial score (nSPS) is 15.9. The van der Waals surface area contributed by atoms with Crippen LogP contribution in [0.25, 0.3) is 0 Å². The molecule has 1 N–H and O–H groups in total. The van der Waals surface area contributed by atoms with Crippen LogP contribution >= 0.6 is 0 Å². The maximum Gasteiger partial charge on any atom is 0.238 e. The Bertz CT molecular complexity index is 748. The minimum absolute atomic E-state index is 0.0263. The number of amides is 1. The highest BCUT2D eigenvalue weighted by molar-refractivity contribution is 5.92. The highest BCUT2D eigenvalue weighted by Crippen LogP contribution is 2.22. The Morgan fingerprint density at radius 1 is 1.33 bits per heavy atom. The van der Waals surface area contributed by atoms with Crippen molar-refractivity contribution in [2.75, 3.05) is 32.1 Å². The average Bonchev–Trinajstić information content (AvgIpc) is 3.12. The number of anilines is 1. The van der Waals surface area contributed by atoms with Crippen molar-refractivity contribution in [1.82, 2.24) is 14.5 Å². The maximum atomic E-state index is 12.3. The van der Waals surface area contributed by atoms with Gasteiger partial charge in [-0.1, -0.05) is 19.9 Å². The maximum absolute atomic E-state index is 12.3. The number of hydrogen-bond donors (Lipinski definition) is 1. The first-order valence-electron chi connectivity index (χ1n) is 9.72. The smallest absolute Gasteiger partial charge is 0.238 e. The molecule has 1 fully saturated rings. The van der Waals surface area contributed by atoms with E-state index in [2.05, 4.69) is 39.8 Å². The molecule has 3 rings (SSSR count). The van der Waals surface area contributed by atoms with Crippen LogP contribution in [0, 0.1) is 5.92 Å². The second-order valence-electron chi connectivity index (χ2n) is 7.59. The molecule has 2 aromatic rings. The van der Waals surface area contributed by atoms with Crippen molar-refractivity contribution >= 4 is 11.6 Å². The van der Waals surface area contributed by atoms with E-state index >= 15 is 0 Å². The van der Waals surface area contributed by atoms with Gasteiger partial charge in [-0.15, -0.1) is 0 Å². The van der Waals surface area contributed by atoms with Crippen molar-refractivity contribution in [3.63, 3.8) is 0 Å². The van der Waals surface area contributed by atoms with Crippen LogP contribution in [0.4, 0.5) is 5.69 Å². The summed E-state index contributed by atoms with van der Waals surface area (Å²) in [5.41, 5.74) is 0.774. The lowest BCUT2D eigenvalue weighted by atomic mass is 9.96. The molecule has 0 spiro atoms. The number of rotatable bonds is 7. The van der Waals surface area contributed by atoms with Gasteiger partial charge >= 0.3 is 0 Å². The fraction of sp³-hybridized carbons (Fsp3) is 0.524. The number of ether oxygens (including phenoxy) is 1. The molecule has 1 aromatic heterocycles. The van der Waals surface area contributed by atoms with E-state index in [-0.39, 0.29) is 5.91 Å². The molecule has 6 nitrogen and oxygen atoms in total. The minimum atomic E-state index is 0.0263. The number of benzene rings is 1. The summed E-state index contributed by atoms with van der Waals surface area (Å²) >= 11 is 0. The topological polar surface area (TPSA) is 59.4 Å². The lowest BCUT2D eigenvalue weighted by Gasteiger charge is -2.32. The zero-order chi connectivity index (χ0) is 19.2. The van der Waals surface area contributed by atoms with Crippen LogP contribution in [0.2, 0.25) is 0 Å². The fourth-order valence-electron chi connectivity index (χ4n) is 3.69. The van der Waals surface area contributed by atoms with Gasteiger partial charge in [-0.2, -0.15) is 0 Å². The number of aromatic nitrogens is 2. The van der Waals surface area contributed by atoms with Gasteiger partial charge in [0.05, 0.1) is 13.7 Å². The van der Waals surface area contributed by atoms with Crippen molar-refractivity contribution in [1.29, 1.82) is 0 Å². The van der Waals surface area contributed by atoms with Crippen molar-refractivity contribution in [2.24, 2.45) is 5.92 Å². The molecule has 1 aromatic carbocycles. The highest BCUT2D eigenvalue weighted by Gasteiger charge is 2.22.